The molecule has 0 fully saturated rings. The van der Waals surface area contributed by atoms with Crippen LogP contribution in [0.5, 0.6) is 0 Å². The van der Waals surface area contributed by atoms with Crippen molar-refractivity contribution >= 4 is 27.5 Å². The molecular formula is C16H13FN2OS. The van der Waals surface area contributed by atoms with E-state index in [2.05, 4.69) is 10.3 Å². The summed E-state index contributed by atoms with van der Waals surface area (Å²) in [5, 5.41) is 3.81. The number of nitrogens with one attached hydrogen (secondary N) is 1. The van der Waals surface area contributed by atoms with Gasteiger partial charge >= 0.3 is 0 Å². The van der Waals surface area contributed by atoms with Gasteiger partial charge in [0.2, 0.25) is 0 Å². The van der Waals surface area contributed by atoms with E-state index in [1.165, 1.54) is 24.3 Å². The molecule has 0 atom stereocenters. The molecule has 0 saturated heterocycles. The van der Waals surface area contributed by atoms with Crippen molar-refractivity contribution in [3.63, 3.8) is 0 Å². The highest BCUT2D eigenvalue weighted by atomic mass is 32.1. The largest absolute Gasteiger partial charge is 0.352 e. The van der Waals surface area contributed by atoms with Gasteiger partial charge in [-0.25, -0.2) is 9.37 Å². The highest BCUT2D eigenvalue weighted by Gasteiger charge is 2.06. The van der Waals surface area contributed by atoms with Crippen LogP contribution in [0.4, 0.5) is 4.39 Å². The third-order valence-corrected chi connectivity index (χ3v) is 4.17. The summed E-state index contributed by atoms with van der Waals surface area (Å²) in [5.74, 6) is -0.544. The van der Waals surface area contributed by atoms with Crippen LogP contribution in [-0.4, -0.2) is 17.4 Å². The molecule has 1 aromatic heterocycles. The normalized spacial score (nSPS) is 10.7. The standard InChI is InChI=1S/C16H13FN2OS/c17-12-7-5-11(6-8-12)16(20)18-10-9-15-19-13-3-1-2-4-14(13)21-15/h1-8H,9-10H2,(H,18,20). The minimum Gasteiger partial charge on any atom is -0.352 e. The van der Waals surface area contributed by atoms with Crippen molar-refractivity contribution in [1.82, 2.24) is 10.3 Å². The highest BCUT2D eigenvalue weighted by Crippen LogP contribution is 2.21. The van der Waals surface area contributed by atoms with Crippen molar-refractivity contribution < 1.29 is 9.18 Å². The van der Waals surface area contributed by atoms with Crippen molar-refractivity contribution in [3.05, 3.63) is 64.9 Å². The lowest BCUT2D eigenvalue weighted by atomic mass is 10.2. The van der Waals surface area contributed by atoms with E-state index >= 15 is 0 Å². The molecule has 1 amide bonds. The lowest BCUT2D eigenvalue weighted by molar-refractivity contribution is 0.0954. The molecule has 2 aromatic carbocycles. The number of rotatable bonds is 4. The van der Waals surface area contributed by atoms with Crippen LogP contribution in [0.1, 0.15) is 15.4 Å². The minimum atomic E-state index is -0.346. The predicted molar refractivity (Wildman–Crippen MR) is 82.1 cm³/mol. The Kier molecular flexibility index (Phi) is 3.92. The fraction of sp³-hybridized carbons (Fsp3) is 0.125. The third-order valence-electron chi connectivity index (χ3n) is 3.07. The number of para-hydroxylation sites is 1. The summed E-state index contributed by atoms with van der Waals surface area (Å²) in [4.78, 5) is 16.4. The SMILES string of the molecule is O=C(NCCc1nc2ccccc2s1)c1ccc(F)cc1. The second-order valence-electron chi connectivity index (χ2n) is 4.59. The van der Waals surface area contributed by atoms with Gasteiger partial charge in [-0.3, -0.25) is 4.79 Å². The molecule has 3 rings (SSSR count). The van der Waals surface area contributed by atoms with Crippen LogP contribution in [0.15, 0.2) is 48.5 Å². The second-order valence-corrected chi connectivity index (χ2v) is 5.70. The van der Waals surface area contributed by atoms with E-state index in [0.29, 0.717) is 18.5 Å². The maximum atomic E-state index is 12.8. The first-order chi connectivity index (χ1) is 10.2. The minimum absolute atomic E-state index is 0.198. The summed E-state index contributed by atoms with van der Waals surface area (Å²) >= 11 is 1.63. The fourth-order valence-corrected chi connectivity index (χ4v) is 2.98. The molecule has 1 heterocycles. The fourth-order valence-electron chi connectivity index (χ4n) is 2.01. The van der Waals surface area contributed by atoms with Crippen LogP contribution in [0.3, 0.4) is 0 Å². The number of halogens is 1. The van der Waals surface area contributed by atoms with Crippen LogP contribution in [0.25, 0.3) is 10.2 Å². The lowest BCUT2D eigenvalue weighted by Gasteiger charge is -2.03. The Morgan fingerprint density at radius 1 is 1.14 bits per heavy atom. The van der Waals surface area contributed by atoms with Crippen molar-refractivity contribution in [2.45, 2.75) is 6.42 Å². The molecule has 0 spiro atoms. The van der Waals surface area contributed by atoms with Crippen molar-refractivity contribution in [1.29, 1.82) is 0 Å². The molecule has 21 heavy (non-hydrogen) atoms. The van der Waals surface area contributed by atoms with E-state index in [1.54, 1.807) is 11.3 Å². The number of thiazole rings is 1. The molecule has 1 N–H and O–H groups in total. The number of carbonyl (C=O) groups is 1. The number of hydrogen-bond acceptors (Lipinski definition) is 3. The molecule has 0 aliphatic rings. The third kappa shape index (κ3) is 3.25. The number of amides is 1. The monoisotopic (exact) mass is 300 g/mol. The molecule has 0 aliphatic heterocycles. The number of carbonyl (C=O) groups excluding carboxylic acids is 1. The zero-order valence-corrected chi connectivity index (χ0v) is 12.0. The summed E-state index contributed by atoms with van der Waals surface area (Å²) in [6, 6.07) is 13.5. The average molecular weight is 300 g/mol. The van der Waals surface area contributed by atoms with E-state index in [1.807, 2.05) is 24.3 Å². The van der Waals surface area contributed by atoms with E-state index in [0.717, 1.165) is 15.2 Å². The maximum absolute atomic E-state index is 12.8. The van der Waals surface area contributed by atoms with Gasteiger partial charge in [0.05, 0.1) is 15.2 Å². The molecule has 3 nitrogen and oxygen atoms in total. The Hall–Kier alpha value is -2.27. The van der Waals surface area contributed by atoms with Gasteiger partial charge in [-0.2, -0.15) is 0 Å². The molecule has 106 valence electrons. The molecule has 0 unspecified atom stereocenters. The molecule has 0 saturated carbocycles. The van der Waals surface area contributed by atoms with Gasteiger partial charge in [0.15, 0.2) is 0 Å². The summed E-state index contributed by atoms with van der Waals surface area (Å²) in [6.07, 6.45) is 0.687. The molecular weight excluding hydrogens is 287 g/mol. The van der Waals surface area contributed by atoms with Crippen LogP contribution < -0.4 is 5.32 Å². The first-order valence-electron chi connectivity index (χ1n) is 6.60. The number of fused-ring (bicyclic) bond motifs is 1. The van der Waals surface area contributed by atoms with Crippen molar-refractivity contribution in [3.8, 4) is 0 Å². The zero-order valence-electron chi connectivity index (χ0n) is 11.2. The van der Waals surface area contributed by atoms with Gasteiger partial charge in [-0.15, -0.1) is 11.3 Å². The van der Waals surface area contributed by atoms with E-state index in [-0.39, 0.29) is 11.7 Å². The van der Waals surface area contributed by atoms with Gasteiger partial charge in [-0.1, -0.05) is 12.1 Å². The van der Waals surface area contributed by atoms with Crippen LogP contribution in [-0.2, 0) is 6.42 Å². The van der Waals surface area contributed by atoms with Crippen LogP contribution in [0.2, 0.25) is 0 Å². The zero-order chi connectivity index (χ0) is 14.7. The topological polar surface area (TPSA) is 42.0 Å². The maximum Gasteiger partial charge on any atom is 0.251 e. The molecule has 3 aromatic rings. The highest BCUT2D eigenvalue weighted by molar-refractivity contribution is 7.18. The van der Waals surface area contributed by atoms with Crippen LogP contribution in [0, 0.1) is 5.82 Å². The smallest absolute Gasteiger partial charge is 0.251 e. The quantitative estimate of drug-likeness (QED) is 0.802. The number of hydrogen-bond donors (Lipinski definition) is 1. The molecule has 0 radical (unpaired) electrons. The first kappa shape index (κ1) is 13.7. The van der Waals surface area contributed by atoms with Gasteiger partial charge in [0.1, 0.15) is 5.82 Å². The van der Waals surface area contributed by atoms with Gasteiger partial charge in [0.25, 0.3) is 5.91 Å². The Morgan fingerprint density at radius 2 is 1.90 bits per heavy atom. The number of aromatic nitrogens is 1. The van der Waals surface area contributed by atoms with Gasteiger partial charge in [0, 0.05) is 18.5 Å². The Morgan fingerprint density at radius 3 is 2.67 bits per heavy atom. The van der Waals surface area contributed by atoms with Crippen molar-refractivity contribution in [2.75, 3.05) is 6.54 Å². The van der Waals surface area contributed by atoms with E-state index in [9.17, 15) is 9.18 Å². The summed E-state index contributed by atoms with van der Waals surface area (Å²) < 4.78 is 13.9. The number of nitrogens with zero attached hydrogens (tertiary/aromatic N) is 1. The van der Waals surface area contributed by atoms with E-state index in [4.69, 9.17) is 0 Å². The van der Waals surface area contributed by atoms with Crippen molar-refractivity contribution in [2.24, 2.45) is 0 Å². The predicted octanol–water partition coefficient (Wildman–Crippen LogP) is 3.41. The summed E-state index contributed by atoms with van der Waals surface area (Å²) in [7, 11) is 0. The second kappa shape index (κ2) is 6.01. The Balaban J connectivity index is 1.58. The first-order valence-corrected chi connectivity index (χ1v) is 7.42. The molecule has 0 bridgehead atoms. The van der Waals surface area contributed by atoms with Crippen LogP contribution >= 0.6 is 11.3 Å². The average Bonchev–Trinajstić information content (AvgIpc) is 2.90. The lowest BCUT2D eigenvalue weighted by Crippen LogP contribution is -2.25. The summed E-state index contributed by atoms with van der Waals surface area (Å²) in [6.45, 7) is 0.510. The Labute approximate surface area is 125 Å². The number of benzene rings is 2. The molecule has 5 heteroatoms. The Bertz CT molecular complexity index is 734. The molecule has 0 aliphatic carbocycles. The summed E-state index contributed by atoms with van der Waals surface area (Å²) in [5.41, 5.74) is 1.45. The van der Waals surface area contributed by atoms with Gasteiger partial charge in [-0.05, 0) is 36.4 Å². The van der Waals surface area contributed by atoms with E-state index < -0.39 is 0 Å². The van der Waals surface area contributed by atoms with Gasteiger partial charge < -0.3 is 5.32 Å².